The Labute approximate surface area is 168 Å². The summed E-state index contributed by atoms with van der Waals surface area (Å²) in [4.78, 5) is 31.5. The van der Waals surface area contributed by atoms with Crippen LogP contribution in [0.25, 0.3) is 11.5 Å². The van der Waals surface area contributed by atoms with E-state index in [9.17, 15) is 9.59 Å². The van der Waals surface area contributed by atoms with Gasteiger partial charge in [-0.2, -0.15) is 4.68 Å². The smallest absolute Gasteiger partial charge is 0.388 e. The van der Waals surface area contributed by atoms with Gasteiger partial charge in [0.2, 0.25) is 5.91 Å². The summed E-state index contributed by atoms with van der Waals surface area (Å²) >= 11 is 0. The van der Waals surface area contributed by atoms with Crippen molar-refractivity contribution in [2.24, 2.45) is 0 Å². The standard InChI is InChI=1S/C22H22N4O3/c27-20(22(10-11-22)17-6-2-1-3-7-17)25-13-8-18(9-14-25)26-21(28)29-19(24-26)16-5-4-12-23-15-16/h1-7,12,15,18H,8-11,13-14H2. The first-order valence-electron chi connectivity index (χ1n) is 10.0. The van der Waals surface area contributed by atoms with E-state index in [1.54, 1.807) is 18.5 Å². The lowest BCUT2D eigenvalue weighted by atomic mass is 9.93. The fourth-order valence-electron chi connectivity index (χ4n) is 4.25. The second-order valence-corrected chi connectivity index (χ2v) is 7.83. The van der Waals surface area contributed by atoms with Crippen molar-refractivity contribution >= 4 is 5.91 Å². The Hall–Kier alpha value is -3.22. The molecule has 0 bridgehead atoms. The first-order valence-corrected chi connectivity index (χ1v) is 10.0. The molecule has 0 N–H and O–H groups in total. The zero-order chi connectivity index (χ0) is 19.8. The van der Waals surface area contributed by atoms with E-state index < -0.39 is 5.76 Å². The number of benzene rings is 1. The summed E-state index contributed by atoms with van der Waals surface area (Å²) < 4.78 is 6.75. The zero-order valence-corrected chi connectivity index (χ0v) is 16.0. The molecule has 3 aromatic rings. The van der Waals surface area contributed by atoms with Crippen LogP contribution in [0.2, 0.25) is 0 Å². The predicted octanol–water partition coefficient (Wildman–Crippen LogP) is 2.79. The number of piperidine rings is 1. The number of amides is 1. The lowest BCUT2D eigenvalue weighted by Crippen LogP contribution is -2.45. The quantitative estimate of drug-likeness (QED) is 0.684. The molecule has 5 rings (SSSR count). The van der Waals surface area contributed by atoms with Crippen molar-refractivity contribution in [2.45, 2.75) is 37.1 Å². The van der Waals surface area contributed by atoms with E-state index in [4.69, 9.17) is 4.42 Å². The third-order valence-corrected chi connectivity index (χ3v) is 6.06. The van der Waals surface area contributed by atoms with E-state index in [1.807, 2.05) is 41.3 Å². The lowest BCUT2D eigenvalue weighted by Gasteiger charge is -2.34. The van der Waals surface area contributed by atoms with Crippen molar-refractivity contribution in [2.75, 3.05) is 13.1 Å². The van der Waals surface area contributed by atoms with Crippen LogP contribution in [0.3, 0.4) is 0 Å². The topological polar surface area (TPSA) is 81.2 Å². The molecule has 1 amide bonds. The monoisotopic (exact) mass is 390 g/mol. The van der Waals surface area contributed by atoms with Crippen molar-refractivity contribution in [1.82, 2.24) is 19.7 Å². The number of hydrogen-bond donors (Lipinski definition) is 0. The zero-order valence-electron chi connectivity index (χ0n) is 16.0. The van der Waals surface area contributed by atoms with Crippen LogP contribution < -0.4 is 5.76 Å². The van der Waals surface area contributed by atoms with Crippen molar-refractivity contribution in [3.05, 3.63) is 71.0 Å². The van der Waals surface area contributed by atoms with Gasteiger partial charge in [0, 0.05) is 25.5 Å². The van der Waals surface area contributed by atoms with Crippen LogP contribution in [0, 0.1) is 0 Å². The predicted molar refractivity (Wildman–Crippen MR) is 106 cm³/mol. The summed E-state index contributed by atoms with van der Waals surface area (Å²) in [5.41, 5.74) is 1.45. The number of hydrogen-bond acceptors (Lipinski definition) is 5. The molecule has 29 heavy (non-hydrogen) atoms. The Morgan fingerprint density at radius 2 is 1.83 bits per heavy atom. The van der Waals surface area contributed by atoms with Gasteiger partial charge < -0.3 is 9.32 Å². The molecule has 1 aromatic carbocycles. The molecule has 2 fully saturated rings. The second kappa shape index (κ2) is 6.99. The minimum absolute atomic E-state index is 0.0624. The molecule has 1 aliphatic carbocycles. The van der Waals surface area contributed by atoms with Crippen LogP contribution >= 0.6 is 0 Å². The molecule has 0 spiro atoms. The molecule has 3 heterocycles. The Morgan fingerprint density at radius 3 is 2.48 bits per heavy atom. The number of nitrogens with zero attached hydrogens (tertiary/aromatic N) is 4. The summed E-state index contributed by atoms with van der Waals surface area (Å²) in [6.07, 6.45) is 6.48. The van der Waals surface area contributed by atoms with Gasteiger partial charge in [0.25, 0.3) is 5.89 Å². The molecule has 1 aliphatic heterocycles. The van der Waals surface area contributed by atoms with Gasteiger partial charge >= 0.3 is 5.76 Å². The fourth-order valence-corrected chi connectivity index (χ4v) is 4.25. The van der Waals surface area contributed by atoms with Gasteiger partial charge in [0.15, 0.2) is 0 Å². The van der Waals surface area contributed by atoms with Crippen LogP contribution in [0.1, 0.15) is 37.3 Å². The maximum Gasteiger partial charge on any atom is 0.437 e. The van der Waals surface area contributed by atoms with Crippen LogP contribution in [0.5, 0.6) is 0 Å². The first kappa shape index (κ1) is 17.8. The molecular weight excluding hydrogens is 368 g/mol. The highest BCUT2D eigenvalue weighted by Crippen LogP contribution is 2.50. The first-order chi connectivity index (χ1) is 14.2. The molecule has 7 nitrogen and oxygen atoms in total. The number of likely N-dealkylation sites (tertiary alicyclic amines) is 1. The van der Waals surface area contributed by atoms with E-state index in [0.29, 0.717) is 31.5 Å². The van der Waals surface area contributed by atoms with E-state index in [0.717, 1.165) is 18.4 Å². The largest absolute Gasteiger partial charge is 0.437 e. The Morgan fingerprint density at radius 1 is 1.07 bits per heavy atom. The number of aromatic nitrogens is 3. The minimum atomic E-state index is -0.462. The van der Waals surface area contributed by atoms with Crippen LogP contribution in [0.4, 0.5) is 0 Å². The van der Waals surface area contributed by atoms with E-state index in [1.165, 1.54) is 4.68 Å². The van der Waals surface area contributed by atoms with Gasteiger partial charge in [0.05, 0.1) is 17.0 Å². The third kappa shape index (κ3) is 3.16. The van der Waals surface area contributed by atoms with Crippen LogP contribution in [-0.2, 0) is 10.2 Å². The molecule has 0 unspecified atom stereocenters. The number of carbonyl (C=O) groups is 1. The molecule has 1 saturated heterocycles. The van der Waals surface area contributed by atoms with Gasteiger partial charge in [-0.25, -0.2) is 4.79 Å². The van der Waals surface area contributed by atoms with Crippen LogP contribution in [-0.4, -0.2) is 38.7 Å². The molecule has 0 atom stereocenters. The number of rotatable bonds is 4. The maximum absolute atomic E-state index is 13.2. The highest BCUT2D eigenvalue weighted by molar-refractivity contribution is 5.91. The highest BCUT2D eigenvalue weighted by Gasteiger charge is 2.53. The average Bonchev–Trinajstić information content (AvgIpc) is 3.51. The number of pyridine rings is 1. The van der Waals surface area contributed by atoms with E-state index >= 15 is 0 Å². The Balaban J connectivity index is 1.29. The maximum atomic E-state index is 13.2. The van der Waals surface area contributed by atoms with Gasteiger partial charge in [-0.1, -0.05) is 30.3 Å². The average molecular weight is 390 g/mol. The van der Waals surface area contributed by atoms with Crippen LogP contribution in [0.15, 0.2) is 64.1 Å². The van der Waals surface area contributed by atoms with Crippen molar-refractivity contribution in [1.29, 1.82) is 0 Å². The summed E-state index contributed by atoms with van der Waals surface area (Å²) in [6.45, 7) is 1.25. The molecule has 0 radical (unpaired) electrons. The van der Waals surface area contributed by atoms with E-state index in [-0.39, 0.29) is 23.3 Å². The summed E-state index contributed by atoms with van der Waals surface area (Å²) in [5.74, 6) is 0.0323. The Bertz CT molecular complexity index is 1060. The molecule has 148 valence electrons. The SMILES string of the molecule is O=C(N1CCC(n2nc(-c3cccnc3)oc2=O)CC1)C1(c2ccccc2)CC1. The van der Waals surface area contributed by atoms with Crippen molar-refractivity contribution in [3.8, 4) is 11.5 Å². The van der Waals surface area contributed by atoms with Gasteiger partial charge in [-0.3, -0.25) is 9.78 Å². The lowest BCUT2D eigenvalue weighted by molar-refractivity contribution is -0.135. The van der Waals surface area contributed by atoms with Gasteiger partial charge in [0.1, 0.15) is 0 Å². The Kier molecular flexibility index (Phi) is 4.30. The molecular formula is C22H22N4O3. The molecule has 2 aromatic heterocycles. The fraction of sp³-hybridized carbons (Fsp3) is 0.364. The summed E-state index contributed by atoms with van der Waals surface area (Å²) in [5, 5.41) is 4.38. The molecule has 7 heteroatoms. The number of carbonyl (C=O) groups excluding carboxylic acids is 1. The van der Waals surface area contributed by atoms with Crippen molar-refractivity contribution < 1.29 is 9.21 Å². The summed E-state index contributed by atoms with van der Waals surface area (Å²) in [7, 11) is 0. The normalized spacial score (nSPS) is 18.6. The van der Waals surface area contributed by atoms with Crippen molar-refractivity contribution in [3.63, 3.8) is 0 Å². The minimum Gasteiger partial charge on any atom is -0.388 e. The van der Waals surface area contributed by atoms with E-state index in [2.05, 4.69) is 10.1 Å². The van der Waals surface area contributed by atoms with Gasteiger partial charge in [-0.05, 0) is 43.4 Å². The van der Waals surface area contributed by atoms with Gasteiger partial charge in [-0.15, -0.1) is 5.10 Å². The molecule has 1 saturated carbocycles. The molecule has 2 aliphatic rings. The highest BCUT2D eigenvalue weighted by atomic mass is 16.4. The summed E-state index contributed by atoms with van der Waals surface area (Å²) in [6, 6.07) is 13.6. The third-order valence-electron chi connectivity index (χ3n) is 6.06. The second-order valence-electron chi connectivity index (χ2n) is 7.83.